The topological polar surface area (TPSA) is 21.7 Å². The van der Waals surface area contributed by atoms with Gasteiger partial charge in [0.25, 0.3) is 0 Å². The van der Waals surface area contributed by atoms with Crippen molar-refractivity contribution in [3.05, 3.63) is 64.1 Å². The molecule has 0 spiro atoms. The van der Waals surface area contributed by atoms with Crippen molar-refractivity contribution in [2.24, 2.45) is 0 Å². The molecule has 24 heavy (non-hydrogen) atoms. The van der Waals surface area contributed by atoms with Crippen LogP contribution < -0.4 is 9.47 Å². The van der Waals surface area contributed by atoms with Gasteiger partial charge in [-0.15, -0.1) is 12.4 Å². The van der Waals surface area contributed by atoms with Gasteiger partial charge in [0, 0.05) is 17.6 Å². The molecule has 0 atom stereocenters. The molecule has 0 bridgehead atoms. The number of ether oxygens (including phenoxy) is 2. The Morgan fingerprint density at radius 1 is 1.04 bits per heavy atom. The summed E-state index contributed by atoms with van der Waals surface area (Å²) in [6.45, 7) is 3.03. The van der Waals surface area contributed by atoms with E-state index in [0.717, 1.165) is 29.1 Å². The van der Waals surface area contributed by atoms with Crippen LogP contribution in [0.1, 0.15) is 11.1 Å². The van der Waals surface area contributed by atoms with Crippen molar-refractivity contribution in [2.45, 2.75) is 6.54 Å². The molecule has 0 aromatic heterocycles. The number of hydrogen-bond acceptors (Lipinski definition) is 3. The Labute approximate surface area is 157 Å². The lowest BCUT2D eigenvalue weighted by atomic mass is 10.2. The molecule has 1 aliphatic rings. The number of halogens is 2. The third kappa shape index (κ3) is 5.26. The third-order valence-electron chi connectivity index (χ3n) is 3.66. The van der Waals surface area contributed by atoms with Crippen molar-refractivity contribution in [3.8, 4) is 11.5 Å². The van der Waals surface area contributed by atoms with Crippen LogP contribution in [-0.2, 0) is 6.54 Å². The Morgan fingerprint density at radius 2 is 1.75 bits per heavy atom. The molecule has 0 aliphatic carbocycles. The number of rotatable bonds is 5. The predicted octanol–water partition coefficient (Wildman–Crippen LogP) is 4.79. The summed E-state index contributed by atoms with van der Waals surface area (Å²) in [7, 11) is 2.11. The van der Waals surface area contributed by atoms with Gasteiger partial charge in [-0.25, -0.2) is 0 Å². The maximum Gasteiger partial charge on any atom is 0.161 e. The second-order valence-corrected chi connectivity index (χ2v) is 6.54. The second kappa shape index (κ2) is 9.11. The Bertz CT molecular complexity index is 688. The molecule has 0 amide bonds. The van der Waals surface area contributed by atoms with Crippen molar-refractivity contribution in [1.29, 1.82) is 0 Å². The molecule has 2 aromatic rings. The molecule has 0 fully saturated rings. The van der Waals surface area contributed by atoms with Gasteiger partial charge in [-0.3, -0.25) is 4.90 Å². The van der Waals surface area contributed by atoms with Crippen molar-refractivity contribution in [1.82, 2.24) is 4.90 Å². The molecule has 0 radical (unpaired) electrons. The van der Waals surface area contributed by atoms with Crippen LogP contribution in [0.3, 0.4) is 0 Å². The van der Waals surface area contributed by atoms with Crippen LogP contribution >= 0.6 is 28.3 Å². The zero-order valence-corrected chi connectivity index (χ0v) is 16.0. The summed E-state index contributed by atoms with van der Waals surface area (Å²) < 4.78 is 12.3. The minimum atomic E-state index is 0. The molecule has 5 heteroatoms. The van der Waals surface area contributed by atoms with Crippen molar-refractivity contribution in [3.63, 3.8) is 0 Å². The summed E-state index contributed by atoms with van der Waals surface area (Å²) in [6, 6.07) is 14.5. The maximum absolute atomic E-state index is 5.63. The number of likely N-dealkylation sites (N-methyl/N-ethyl adjacent to an activating group) is 1. The van der Waals surface area contributed by atoms with E-state index in [1.807, 2.05) is 6.07 Å². The number of fused-ring (bicyclic) bond motifs is 1. The van der Waals surface area contributed by atoms with Crippen LogP contribution in [0, 0.1) is 0 Å². The molecule has 2 aromatic carbocycles. The second-order valence-electron chi connectivity index (χ2n) is 5.63. The van der Waals surface area contributed by atoms with Crippen LogP contribution in [0.2, 0.25) is 0 Å². The van der Waals surface area contributed by atoms with E-state index in [4.69, 9.17) is 9.47 Å². The Morgan fingerprint density at radius 3 is 2.50 bits per heavy atom. The fourth-order valence-corrected chi connectivity index (χ4v) is 2.77. The van der Waals surface area contributed by atoms with Gasteiger partial charge in [-0.1, -0.05) is 46.3 Å². The largest absolute Gasteiger partial charge is 0.486 e. The highest BCUT2D eigenvalue weighted by atomic mass is 79.9. The van der Waals surface area contributed by atoms with Crippen molar-refractivity contribution in [2.75, 3.05) is 26.8 Å². The van der Waals surface area contributed by atoms with E-state index >= 15 is 0 Å². The molecule has 0 N–H and O–H groups in total. The predicted molar refractivity (Wildman–Crippen MR) is 104 cm³/mol. The van der Waals surface area contributed by atoms with E-state index in [1.54, 1.807) is 0 Å². The van der Waals surface area contributed by atoms with Crippen LogP contribution in [0.4, 0.5) is 0 Å². The first-order chi connectivity index (χ1) is 11.2. The van der Waals surface area contributed by atoms with Crippen LogP contribution in [-0.4, -0.2) is 31.7 Å². The van der Waals surface area contributed by atoms with Gasteiger partial charge in [0.1, 0.15) is 13.2 Å². The first kappa shape index (κ1) is 18.8. The van der Waals surface area contributed by atoms with Crippen LogP contribution in [0.5, 0.6) is 11.5 Å². The quantitative estimate of drug-likeness (QED) is 0.707. The average Bonchev–Trinajstić information content (AvgIpc) is 2.56. The van der Waals surface area contributed by atoms with Crippen LogP contribution in [0.25, 0.3) is 6.08 Å². The fraction of sp³-hybridized carbons (Fsp3) is 0.263. The number of benzene rings is 2. The normalized spacial score (nSPS) is 13.1. The van der Waals surface area contributed by atoms with Gasteiger partial charge in [0.05, 0.1) is 0 Å². The van der Waals surface area contributed by atoms with Gasteiger partial charge in [0.2, 0.25) is 0 Å². The molecule has 128 valence electrons. The Balaban J connectivity index is 0.00000208. The van der Waals surface area contributed by atoms with E-state index < -0.39 is 0 Å². The highest BCUT2D eigenvalue weighted by Gasteiger charge is 2.12. The van der Waals surface area contributed by atoms with Gasteiger partial charge in [-0.05, 0) is 42.4 Å². The number of hydrogen-bond donors (Lipinski definition) is 0. The molecule has 0 unspecified atom stereocenters. The first-order valence-electron chi connectivity index (χ1n) is 7.70. The molecule has 1 heterocycles. The smallest absolute Gasteiger partial charge is 0.161 e. The minimum absolute atomic E-state index is 0. The molecule has 3 nitrogen and oxygen atoms in total. The molecule has 0 saturated carbocycles. The van der Waals surface area contributed by atoms with Gasteiger partial charge in [0.15, 0.2) is 11.5 Å². The molecule has 0 saturated heterocycles. The van der Waals surface area contributed by atoms with Gasteiger partial charge in [-0.2, -0.15) is 0 Å². The zero-order chi connectivity index (χ0) is 16.1. The van der Waals surface area contributed by atoms with E-state index in [2.05, 4.69) is 76.4 Å². The number of nitrogens with zero attached hydrogens (tertiary/aromatic N) is 1. The lowest BCUT2D eigenvalue weighted by molar-refractivity contribution is 0.171. The fourth-order valence-electron chi connectivity index (χ4n) is 2.50. The van der Waals surface area contributed by atoms with Gasteiger partial charge < -0.3 is 9.47 Å². The summed E-state index contributed by atoms with van der Waals surface area (Å²) in [5.74, 6) is 1.70. The average molecular weight is 411 g/mol. The van der Waals surface area contributed by atoms with E-state index in [9.17, 15) is 0 Å². The third-order valence-corrected chi connectivity index (χ3v) is 4.19. The van der Waals surface area contributed by atoms with E-state index in [-0.39, 0.29) is 12.4 Å². The first-order valence-corrected chi connectivity index (χ1v) is 8.49. The Kier molecular flexibility index (Phi) is 7.16. The summed E-state index contributed by atoms with van der Waals surface area (Å²) in [6.07, 6.45) is 4.33. The lowest BCUT2D eigenvalue weighted by Crippen LogP contribution is -2.19. The standard InChI is InChI=1S/C19H20BrNO2.ClH/c1-21(10-2-3-15-4-7-17(20)8-5-15)14-16-6-9-18-19(13-16)23-12-11-22-18;/h2-9,13H,10-12,14H2,1H3;1H/b3-2+;. The van der Waals surface area contributed by atoms with Crippen molar-refractivity contribution >= 4 is 34.4 Å². The highest BCUT2D eigenvalue weighted by molar-refractivity contribution is 9.10. The molecule has 1 aliphatic heterocycles. The van der Waals surface area contributed by atoms with Gasteiger partial charge >= 0.3 is 0 Å². The Hall–Kier alpha value is -1.49. The minimum Gasteiger partial charge on any atom is -0.486 e. The summed E-state index contributed by atoms with van der Waals surface area (Å²) >= 11 is 3.45. The van der Waals surface area contributed by atoms with E-state index in [1.165, 1.54) is 11.1 Å². The monoisotopic (exact) mass is 409 g/mol. The summed E-state index contributed by atoms with van der Waals surface area (Å²) in [5, 5.41) is 0. The van der Waals surface area contributed by atoms with E-state index in [0.29, 0.717) is 13.2 Å². The molecule has 3 rings (SSSR count). The summed E-state index contributed by atoms with van der Waals surface area (Å²) in [4.78, 5) is 2.26. The SMILES string of the molecule is CN(C/C=C/c1ccc(Br)cc1)Cc1ccc2c(c1)OCCO2.Cl. The summed E-state index contributed by atoms with van der Waals surface area (Å²) in [5.41, 5.74) is 2.44. The highest BCUT2D eigenvalue weighted by Crippen LogP contribution is 2.31. The maximum atomic E-state index is 5.63. The lowest BCUT2D eigenvalue weighted by Gasteiger charge is -2.20. The van der Waals surface area contributed by atoms with Crippen molar-refractivity contribution < 1.29 is 9.47 Å². The molecular formula is C19H21BrClNO2. The zero-order valence-electron chi connectivity index (χ0n) is 13.6. The van der Waals surface area contributed by atoms with Crippen LogP contribution in [0.15, 0.2) is 53.0 Å². The molecular weight excluding hydrogens is 390 g/mol.